The summed E-state index contributed by atoms with van der Waals surface area (Å²) in [7, 11) is 0. The fourth-order valence-corrected chi connectivity index (χ4v) is 3.63. The molecule has 5 nitrogen and oxygen atoms in total. The van der Waals surface area contributed by atoms with Crippen molar-refractivity contribution in [3.8, 4) is 0 Å². The van der Waals surface area contributed by atoms with Crippen molar-refractivity contribution in [1.29, 1.82) is 0 Å². The highest BCUT2D eigenvalue weighted by molar-refractivity contribution is 7.14. The predicted molar refractivity (Wildman–Crippen MR) is 80.8 cm³/mol. The Morgan fingerprint density at radius 1 is 1.38 bits per heavy atom. The van der Waals surface area contributed by atoms with Gasteiger partial charge in [0.1, 0.15) is 0 Å². The minimum absolute atomic E-state index is 0.0575. The van der Waals surface area contributed by atoms with E-state index in [4.69, 9.17) is 5.11 Å². The minimum Gasteiger partial charge on any atom is -0.479 e. The lowest BCUT2D eigenvalue weighted by Gasteiger charge is -2.35. The third-order valence-electron chi connectivity index (χ3n) is 4.03. The van der Waals surface area contributed by atoms with Crippen molar-refractivity contribution < 1.29 is 19.8 Å². The van der Waals surface area contributed by atoms with Gasteiger partial charge in [0.15, 0.2) is 5.60 Å². The van der Waals surface area contributed by atoms with Gasteiger partial charge in [-0.3, -0.25) is 4.79 Å². The second-order valence-corrected chi connectivity index (χ2v) is 6.83. The number of aliphatic hydroxyl groups is 1. The van der Waals surface area contributed by atoms with Crippen molar-refractivity contribution in [3.63, 3.8) is 0 Å². The number of aliphatic carboxylic acids is 1. The van der Waals surface area contributed by atoms with Crippen LogP contribution in [-0.4, -0.2) is 45.7 Å². The van der Waals surface area contributed by atoms with Crippen molar-refractivity contribution in [1.82, 2.24) is 4.90 Å². The Balaban J connectivity index is 2.05. The summed E-state index contributed by atoms with van der Waals surface area (Å²) < 4.78 is 0. The van der Waals surface area contributed by atoms with Gasteiger partial charge in [-0.2, -0.15) is 0 Å². The molecule has 2 heterocycles. The van der Waals surface area contributed by atoms with E-state index in [9.17, 15) is 14.7 Å². The van der Waals surface area contributed by atoms with E-state index in [0.29, 0.717) is 4.88 Å². The fourth-order valence-electron chi connectivity index (χ4n) is 2.59. The van der Waals surface area contributed by atoms with Crippen LogP contribution in [0.1, 0.15) is 46.3 Å². The summed E-state index contributed by atoms with van der Waals surface area (Å²) in [6.45, 7) is 4.69. The lowest BCUT2D eigenvalue weighted by Crippen LogP contribution is -2.50. The molecule has 1 aliphatic rings. The number of carbonyl (C=O) groups is 2. The molecule has 0 atom stereocenters. The summed E-state index contributed by atoms with van der Waals surface area (Å²) in [4.78, 5) is 27.0. The number of hydrogen-bond acceptors (Lipinski definition) is 4. The average Bonchev–Trinajstić information content (AvgIpc) is 2.81. The molecule has 1 aromatic rings. The fraction of sp³-hybridized carbons (Fsp3) is 0.600. The number of carboxylic acids is 1. The van der Waals surface area contributed by atoms with Gasteiger partial charge >= 0.3 is 5.97 Å². The normalized spacial score (nSPS) is 17.8. The highest BCUT2D eigenvalue weighted by Crippen LogP contribution is 2.27. The molecular weight excluding hydrogens is 290 g/mol. The highest BCUT2D eigenvalue weighted by atomic mass is 32.1. The smallest absolute Gasteiger partial charge is 0.335 e. The van der Waals surface area contributed by atoms with Gasteiger partial charge in [-0.25, -0.2) is 4.79 Å². The largest absolute Gasteiger partial charge is 0.479 e. The standard InChI is InChI=1S/C15H21NO4S/c1-3-4-11-9-12(21-10(11)2)13(17)16-7-5-15(20,6-8-16)14(18)19/h9,20H,3-8H2,1-2H3,(H,18,19). The summed E-state index contributed by atoms with van der Waals surface area (Å²) in [6.07, 6.45) is 2.18. The molecule has 0 aliphatic carbocycles. The lowest BCUT2D eigenvalue weighted by atomic mass is 9.91. The van der Waals surface area contributed by atoms with E-state index in [1.165, 1.54) is 21.8 Å². The number of hydrogen-bond donors (Lipinski definition) is 2. The third-order valence-corrected chi connectivity index (χ3v) is 5.11. The van der Waals surface area contributed by atoms with Crippen LogP contribution in [-0.2, 0) is 11.2 Å². The Hall–Kier alpha value is -1.40. The van der Waals surface area contributed by atoms with Crippen molar-refractivity contribution in [2.75, 3.05) is 13.1 Å². The maximum atomic E-state index is 12.5. The first-order valence-corrected chi connectivity index (χ1v) is 8.03. The molecule has 2 N–H and O–H groups in total. The van der Waals surface area contributed by atoms with Gasteiger partial charge in [0, 0.05) is 30.8 Å². The van der Waals surface area contributed by atoms with Gasteiger partial charge in [-0.15, -0.1) is 11.3 Å². The van der Waals surface area contributed by atoms with Crippen LogP contribution in [0.15, 0.2) is 6.07 Å². The molecule has 0 bridgehead atoms. The van der Waals surface area contributed by atoms with Crippen LogP contribution < -0.4 is 0 Å². The molecule has 1 saturated heterocycles. The number of carboxylic acid groups (broad SMARTS) is 1. The molecule has 0 aromatic carbocycles. The Morgan fingerprint density at radius 3 is 2.52 bits per heavy atom. The Labute approximate surface area is 128 Å². The van der Waals surface area contributed by atoms with Crippen molar-refractivity contribution in [3.05, 3.63) is 21.4 Å². The first-order valence-electron chi connectivity index (χ1n) is 7.21. The highest BCUT2D eigenvalue weighted by Gasteiger charge is 2.40. The van der Waals surface area contributed by atoms with Crippen LogP contribution in [0.4, 0.5) is 0 Å². The molecule has 1 aromatic heterocycles. The van der Waals surface area contributed by atoms with Gasteiger partial charge in [0.2, 0.25) is 0 Å². The van der Waals surface area contributed by atoms with Crippen LogP contribution in [0.2, 0.25) is 0 Å². The molecule has 116 valence electrons. The van der Waals surface area contributed by atoms with E-state index < -0.39 is 11.6 Å². The summed E-state index contributed by atoms with van der Waals surface area (Å²) in [5, 5.41) is 18.9. The lowest BCUT2D eigenvalue weighted by molar-refractivity contribution is -0.162. The Kier molecular flexibility index (Phi) is 4.68. The number of likely N-dealkylation sites (tertiary alicyclic amines) is 1. The number of aryl methyl sites for hydroxylation is 2. The van der Waals surface area contributed by atoms with E-state index in [1.807, 2.05) is 13.0 Å². The van der Waals surface area contributed by atoms with E-state index in [0.717, 1.165) is 12.8 Å². The van der Waals surface area contributed by atoms with Crippen LogP contribution >= 0.6 is 11.3 Å². The summed E-state index contributed by atoms with van der Waals surface area (Å²) in [5.74, 6) is -1.26. The molecule has 6 heteroatoms. The molecule has 0 unspecified atom stereocenters. The first-order chi connectivity index (χ1) is 9.87. The van der Waals surface area contributed by atoms with Gasteiger partial charge in [-0.1, -0.05) is 13.3 Å². The molecule has 0 spiro atoms. The molecule has 21 heavy (non-hydrogen) atoms. The van der Waals surface area contributed by atoms with E-state index in [1.54, 1.807) is 4.90 Å². The quantitative estimate of drug-likeness (QED) is 0.892. The van der Waals surface area contributed by atoms with Crippen LogP contribution in [0.3, 0.4) is 0 Å². The average molecular weight is 311 g/mol. The number of rotatable bonds is 4. The zero-order valence-electron chi connectivity index (χ0n) is 12.4. The molecule has 0 radical (unpaired) electrons. The second kappa shape index (κ2) is 6.15. The number of piperidine rings is 1. The van der Waals surface area contributed by atoms with Crippen LogP contribution in [0.25, 0.3) is 0 Å². The van der Waals surface area contributed by atoms with E-state index >= 15 is 0 Å². The van der Waals surface area contributed by atoms with Crippen molar-refractivity contribution in [2.45, 2.75) is 45.1 Å². The molecule has 1 fully saturated rings. The van der Waals surface area contributed by atoms with Crippen molar-refractivity contribution in [2.24, 2.45) is 0 Å². The maximum Gasteiger partial charge on any atom is 0.335 e. The molecule has 0 saturated carbocycles. The molecule has 1 amide bonds. The molecular formula is C15H21NO4S. The maximum absolute atomic E-state index is 12.5. The Morgan fingerprint density at radius 2 is 2.00 bits per heavy atom. The van der Waals surface area contributed by atoms with Crippen molar-refractivity contribution >= 4 is 23.2 Å². The van der Waals surface area contributed by atoms with Crippen LogP contribution in [0.5, 0.6) is 0 Å². The molecule has 1 aliphatic heterocycles. The third kappa shape index (κ3) is 3.27. The topological polar surface area (TPSA) is 77.8 Å². The summed E-state index contributed by atoms with van der Waals surface area (Å²) in [6, 6.07) is 1.95. The second-order valence-electron chi connectivity index (χ2n) is 5.57. The van der Waals surface area contributed by atoms with E-state index in [-0.39, 0.29) is 31.8 Å². The number of carbonyl (C=O) groups excluding carboxylic acids is 1. The van der Waals surface area contributed by atoms with Gasteiger partial charge < -0.3 is 15.1 Å². The van der Waals surface area contributed by atoms with E-state index in [2.05, 4.69) is 6.92 Å². The van der Waals surface area contributed by atoms with Gasteiger partial charge in [-0.05, 0) is 25.0 Å². The predicted octanol–water partition coefficient (Wildman–Crippen LogP) is 2.06. The number of thiophene rings is 1. The minimum atomic E-state index is -1.69. The van der Waals surface area contributed by atoms with Crippen LogP contribution in [0, 0.1) is 6.92 Å². The summed E-state index contributed by atoms with van der Waals surface area (Å²) >= 11 is 1.49. The van der Waals surface area contributed by atoms with Gasteiger partial charge in [0.25, 0.3) is 5.91 Å². The van der Waals surface area contributed by atoms with Gasteiger partial charge in [0.05, 0.1) is 4.88 Å². The first kappa shape index (κ1) is 16.0. The number of nitrogens with zero attached hydrogens (tertiary/aromatic N) is 1. The summed E-state index contributed by atoms with van der Waals surface area (Å²) in [5.41, 5.74) is -0.472. The zero-order chi connectivity index (χ0) is 15.6. The molecule has 2 rings (SSSR count). The zero-order valence-corrected chi connectivity index (χ0v) is 13.2. The SMILES string of the molecule is CCCc1cc(C(=O)N2CCC(O)(C(=O)O)CC2)sc1C. The Bertz CT molecular complexity index is 544. The number of amides is 1. The monoisotopic (exact) mass is 311 g/mol.